The van der Waals surface area contributed by atoms with Gasteiger partial charge in [-0.1, -0.05) is 0 Å². The monoisotopic (exact) mass is 179 g/mol. The fraction of sp³-hybridized carbons (Fsp3) is 1.00. The van der Waals surface area contributed by atoms with Crippen molar-refractivity contribution in [2.75, 3.05) is 19.8 Å². The Balaban J connectivity index is 4.15. The summed E-state index contributed by atoms with van der Waals surface area (Å²) < 4.78 is 0. The van der Waals surface area contributed by atoms with E-state index in [9.17, 15) is 10.2 Å². The van der Waals surface area contributed by atoms with Gasteiger partial charge in [0.05, 0.1) is 11.7 Å². The van der Waals surface area contributed by atoms with Crippen LogP contribution in [0.2, 0.25) is 0 Å². The quantitative estimate of drug-likeness (QED) is 0.318. The fourth-order valence-electron chi connectivity index (χ4n) is 1.06. The van der Waals surface area contributed by atoms with Gasteiger partial charge < -0.3 is 26.2 Å². The van der Waals surface area contributed by atoms with Crippen molar-refractivity contribution in [1.29, 1.82) is 0 Å². The van der Waals surface area contributed by atoms with Crippen LogP contribution in [-0.4, -0.2) is 51.9 Å². The number of nitrogens with two attached hydrogens (primary N) is 1. The van der Waals surface area contributed by atoms with Gasteiger partial charge in [0, 0.05) is 32.6 Å². The maximum atomic E-state index is 9.63. The van der Waals surface area contributed by atoms with Crippen LogP contribution in [0, 0.1) is 0 Å². The van der Waals surface area contributed by atoms with E-state index in [1.807, 2.05) is 0 Å². The van der Waals surface area contributed by atoms with Gasteiger partial charge in [-0.05, 0) is 0 Å². The summed E-state index contributed by atoms with van der Waals surface area (Å²) in [5, 5.41) is 36.0. The van der Waals surface area contributed by atoms with Crippen LogP contribution in [0.25, 0.3) is 0 Å². The summed E-state index contributed by atoms with van der Waals surface area (Å²) in [6.07, 6.45) is -1.06. The molecule has 0 rings (SSSR count). The molecule has 0 aromatic rings. The zero-order valence-electron chi connectivity index (χ0n) is 6.98. The Labute approximate surface area is 71.4 Å². The minimum absolute atomic E-state index is 0.0198. The second-order valence-electron chi connectivity index (χ2n) is 2.80. The lowest BCUT2D eigenvalue weighted by Crippen LogP contribution is -2.47. The molecular formula is C7H17NO4. The largest absolute Gasteiger partial charge is 0.396 e. The van der Waals surface area contributed by atoms with E-state index < -0.39 is 11.7 Å². The Bertz CT molecular complexity index is 114. The van der Waals surface area contributed by atoms with E-state index in [-0.39, 0.29) is 32.6 Å². The summed E-state index contributed by atoms with van der Waals surface area (Å²) >= 11 is 0. The standard InChI is InChI=1S/C7H17NO4/c8-5-6(11)7(12,1-3-9)2-4-10/h6,9-12H,1-5,8H2. The Morgan fingerprint density at radius 2 is 1.58 bits per heavy atom. The maximum absolute atomic E-state index is 9.63. The van der Waals surface area contributed by atoms with Gasteiger partial charge in [-0.3, -0.25) is 0 Å². The molecule has 0 saturated heterocycles. The molecule has 0 amide bonds. The van der Waals surface area contributed by atoms with Crippen LogP contribution in [0.15, 0.2) is 0 Å². The summed E-state index contributed by atoms with van der Waals surface area (Å²) in [6.45, 7) is -0.572. The van der Waals surface area contributed by atoms with Crippen molar-refractivity contribution in [3.63, 3.8) is 0 Å². The SMILES string of the molecule is NCC(O)C(O)(CCO)CCO. The summed E-state index contributed by atoms with van der Waals surface area (Å²) in [5.74, 6) is 0. The predicted molar refractivity (Wildman–Crippen MR) is 43.4 cm³/mol. The van der Waals surface area contributed by atoms with Gasteiger partial charge in [0.15, 0.2) is 0 Å². The summed E-state index contributed by atoms with van der Waals surface area (Å²) in [7, 11) is 0. The van der Waals surface area contributed by atoms with Crippen LogP contribution in [0.4, 0.5) is 0 Å². The Kier molecular flexibility index (Phi) is 5.36. The minimum atomic E-state index is -1.46. The molecule has 1 atom stereocenters. The molecule has 0 spiro atoms. The van der Waals surface area contributed by atoms with Gasteiger partial charge >= 0.3 is 0 Å². The molecule has 0 heterocycles. The van der Waals surface area contributed by atoms with Gasteiger partial charge in [-0.25, -0.2) is 0 Å². The van der Waals surface area contributed by atoms with E-state index in [1.54, 1.807) is 0 Å². The maximum Gasteiger partial charge on any atom is 0.0961 e. The van der Waals surface area contributed by atoms with Gasteiger partial charge in [-0.15, -0.1) is 0 Å². The molecule has 0 bridgehead atoms. The van der Waals surface area contributed by atoms with Gasteiger partial charge in [-0.2, -0.15) is 0 Å². The minimum Gasteiger partial charge on any atom is -0.396 e. The van der Waals surface area contributed by atoms with Crippen molar-refractivity contribution in [2.24, 2.45) is 5.73 Å². The zero-order chi connectivity index (χ0) is 9.61. The number of aliphatic hydroxyl groups excluding tert-OH is 3. The molecule has 5 nitrogen and oxygen atoms in total. The Morgan fingerprint density at radius 3 is 1.83 bits per heavy atom. The van der Waals surface area contributed by atoms with Crippen LogP contribution in [0.3, 0.4) is 0 Å². The van der Waals surface area contributed by atoms with Crippen LogP contribution >= 0.6 is 0 Å². The number of aliphatic hydroxyl groups is 4. The second kappa shape index (κ2) is 5.45. The molecule has 74 valence electrons. The number of hydrogen-bond donors (Lipinski definition) is 5. The first-order valence-corrected chi connectivity index (χ1v) is 3.93. The molecule has 0 aliphatic heterocycles. The predicted octanol–water partition coefficient (Wildman–Crippen LogP) is -2.20. The first-order valence-electron chi connectivity index (χ1n) is 3.93. The van der Waals surface area contributed by atoms with Crippen molar-refractivity contribution in [3.8, 4) is 0 Å². The molecule has 6 N–H and O–H groups in total. The van der Waals surface area contributed by atoms with E-state index in [2.05, 4.69) is 0 Å². The molecular weight excluding hydrogens is 162 g/mol. The van der Waals surface area contributed by atoms with E-state index in [1.165, 1.54) is 0 Å². The van der Waals surface area contributed by atoms with Crippen molar-refractivity contribution >= 4 is 0 Å². The lowest BCUT2D eigenvalue weighted by atomic mass is 9.90. The number of hydrogen-bond acceptors (Lipinski definition) is 5. The average Bonchev–Trinajstić information content (AvgIpc) is 2.04. The first-order chi connectivity index (χ1) is 5.60. The van der Waals surface area contributed by atoms with Gasteiger partial charge in [0.25, 0.3) is 0 Å². The Hall–Kier alpha value is -0.200. The molecule has 5 heteroatoms. The summed E-state index contributed by atoms with van der Waals surface area (Å²) in [5.41, 5.74) is 3.69. The first kappa shape index (κ1) is 11.8. The highest BCUT2D eigenvalue weighted by molar-refractivity contribution is 4.86. The molecule has 0 aromatic heterocycles. The normalized spacial score (nSPS) is 14.8. The highest BCUT2D eigenvalue weighted by Crippen LogP contribution is 2.18. The highest BCUT2D eigenvalue weighted by atomic mass is 16.3. The molecule has 1 unspecified atom stereocenters. The fourth-order valence-corrected chi connectivity index (χ4v) is 1.06. The second-order valence-corrected chi connectivity index (χ2v) is 2.80. The third-order valence-corrected chi connectivity index (χ3v) is 1.93. The van der Waals surface area contributed by atoms with Crippen LogP contribution < -0.4 is 5.73 Å². The van der Waals surface area contributed by atoms with E-state index in [4.69, 9.17) is 15.9 Å². The van der Waals surface area contributed by atoms with Crippen LogP contribution in [-0.2, 0) is 0 Å². The van der Waals surface area contributed by atoms with Crippen molar-refractivity contribution < 1.29 is 20.4 Å². The van der Waals surface area contributed by atoms with E-state index in [0.717, 1.165) is 0 Å². The zero-order valence-corrected chi connectivity index (χ0v) is 6.98. The van der Waals surface area contributed by atoms with Crippen LogP contribution in [0.1, 0.15) is 12.8 Å². The van der Waals surface area contributed by atoms with Crippen molar-refractivity contribution in [2.45, 2.75) is 24.5 Å². The van der Waals surface area contributed by atoms with Gasteiger partial charge in [0.2, 0.25) is 0 Å². The molecule has 0 aromatic carbocycles. The highest BCUT2D eigenvalue weighted by Gasteiger charge is 2.33. The molecule has 0 fully saturated rings. The van der Waals surface area contributed by atoms with Crippen LogP contribution in [0.5, 0.6) is 0 Å². The third-order valence-electron chi connectivity index (χ3n) is 1.93. The molecule has 0 aliphatic rings. The van der Waals surface area contributed by atoms with E-state index in [0.29, 0.717) is 0 Å². The smallest absolute Gasteiger partial charge is 0.0961 e. The lowest BCUT2D eigenvalue weighted by Gasteiger charge is -2.31. The third kappa shape index (κ3) is 3.04. The molecule has 0 saturated carbocycles. The summed E-state index contributed by atoms with van der Waals surface area (Å²) in [6, 6.07) is 0. The summed E-state index contributed by atoms with van der Waals surface area (Å²) in [4.78, 5) is 0. The average molecular weight is 179 g/mol. The van der Waals surface area contributed by atoms with E-state index >= 15 is 0 Å². The topological polar surface area (TPSA) is 107 Å². The van der Waals surface area contributed by atoms with Crippen molar-refractivity contribution in [3.05, 3.63) is 0 Å². The number of rotatable bonds is 6. The van der Waals surface area contributed by atoms with Gasteiger partial charge in [0.1, 0.15) is 0 Å². The molecule has 0 radical (unpaired) electrons. The van der Waals surface area contributed by atoms with Crippen molar-refractivity contribution in [1.82, 2.24) is 0 Å². The Morgan fingerprint density at radius 1 is 1.17 bits per heavy atom. The molecule has 0 aliphatic carbocycles. The lowest BCUT2D eigenvalue weighted by molar-refractivity contribution is -0.0945. The molecule has 12 heavy (non-hydrogen) atoms.